The number of carbonyl (C=O) groups is 1. The Balaban J connectivity index is 1.42. The van der Waals surface area contributed by atoms with Crippen molar-refractivity contribution in [3.63, 3.8) is 0 Å². The van der Waals surface area contributed by atoms with Crippen LogP contribution in [0.2, 0.25) is 0 Å². The fourth-order valence-corrected chi connectivity index (χ4v) is 3.70. The molecule has 4 heterocycles. The number of aromatic nitrogens is 4. The summed E-state index contributed by atoms with van der Waals surface area (Å²) >= 11 is 0. The summed E-state index contributed by atoms with van der Waals surface area (Å²) in [6, 6.07) is 7.15. The van der Waals surface area contributed by atoms with Gasteiger partial charge in [0, 0.05) is 25.8 Å². The number of nitrogens with one attached hydrogen (secondary N) is 2. The quantitative estimate of drug-likeness (QED) is 0.678. The molecule has 0 saturated carbocycles. The predicted octanol–water partition coefficient (Wildman–Crippen LogP) is 2.53. The number of hydrogen-bond acceptors (Lipinski definition) is 8. The van der Waals surface area contributed by atoms with Crippen LogP contribution in [0.1, 0.15) is 19.0 Å². The predicted molar refractivity (Wildman–Crippen MR) is 110 cm³/mol. The van der Waals surface area contributed by atoms with E-state index in [2.05, 4.69) is 37.1 Å². The van der Waals surface area contributed by atoms with Crippen molar-refractivity contribution in [1.29, 1.82) is 5.26 Å². The minimum absolute atomic E-state index is 0.108. The van der Waals surface area contributed by atoms with Gasteiger partial charge in [0.15, 0.2) is 0 Å². The molecule has 1 fully saturated rings. The Hall–Kier alpha value is -3.71. The molecule has 0 radical (unpaired) electrons. The van der Waals surface area contributed by atoms with Crippen LogP contribution in [0.3, 0.4) is 0 Å². The van der Waals surface area contributed by atoms with E-state index >= 15 is 0 Å². The van der Waals surface area contributed by atoms with Crippen LogP contribution >= 0.6 is 0 Å². The van der Waals surface area contributed by atoms with Gasteiger partial charge in [-0.15, -0.1) is 5.06 Å². The molecule has 154 valence electrons. The second-order valence-corrected chi connectivity index (χ2v) is 7.32. The van der Waals surface area contributed by atoms with Crippen molar-refractivity contribution >= 4 is 28.6 Å². The van der Waals surface area contributed by atoms with E-state index < -0.39 is 6.09 Å². The van der Waals surface area contributed by atoms with Crippen LogP contribution in [0.4, 0.5) is 16.3 Å². The molecule has 4 rings (SSSR count). The molecule has 2 atom stereocenters. The van der Waals surface area contributed by atoms with E-state index in [0.717, 1.165) is 23.3 Å². The third kappa shape index (κ3) is 4.01. The molecule has 1 aliphatic rings. The third-order valence-electron chi connectivity index (χ3n) is 5.38. The van der Waals surface area contributed by atoms with Crippen molar-refractivity contribution in [1.82, 2.24) is 25.0 Å². The van der Waals surface area contributed by atoms with Crippen LogP contribution in [0.15, 0.2) is 36.9 Å². The lowest BCUT2D eigenvalue weighted by atomic mass is 9.93. The van der Waals surface area contributed by atoms with Crippen molar-refractivity contribution in [2.24, 2.45) is 5.92 Å². The minimum atomic E-state index is -0.590. The molecule has 2 unspecified atom stereocenters. The number of carbonyl (C=O) groups excluding carboxylic acids is 1. The molecule has 10 nitrogen and oxygen atoms in total. The van der Waals surface area contributed by atoms with Gasteiger partial charge in [-0.05, 0) is 30.5 Å². The van der Waals surface area contributed by atoms with Gasteiger partial charge in [-0.25, -0.2) is 19.7 Å². The molecule has 3 aromatic heterocycles. The summed E-state index contributed by atoms with van der Waals surface area (Å²) in [7, 11) is 2.00. The number of pyridine rings is 1. The van der Waals surface area contributed by atoms with Gasteiger partial charge in [-0.3, -0.25) is 5.32 Å². The molecule has 0 spiro atoms. The van der Waals surface area contributed by atoms with Crippen LogP contribution in [0, 0.1) is 17.2 Å². The largest absolute Gasteiger partial charge is 0.430 e. The number of H-pyrrole nitrogens is 1. The average Bonchev–Trinajstić information content (AvgIpc) is 3.24. The highest BCUT2D eigenvalue weighted by molar-refractivity contribution is 5.87. The highest BCUT2D eigenvalue weighted by Gasteiger charge is 2.32. The van der Waals surface area contributed by atoms with Gasteiger partial charge < -0.3 is 14.7 Å². The number of hydrogen-bond donors (Lipinski definition) is 2. The Morgan fingerprint density at radius 2 is 2.23 bits per heavy atom. The number of piperidine rings is 1. The smallest absolute Gasteiger partial charge is 0.354 e. The fraction of sp³-hybridized carbons (Fsp3) is 0.350. The average molecular weight is 406 g/mol. The summed E-state index contributed by atoms with van der Waals surface area (Å²) in [5.41, 5.74) is 1.54. The van der Waals surface area contributed by atoms with E-state index in [-0.39, 0.29) is 11.7 Å². The Bertz CT molecular complexity index is 1070. The van der Waals surface area contributed by atoms with Crippen LogP contribution in [-0.4, -0.2) is 57.3 Å². The number of hydroxylamine groups is 2. The summed E-state index contributed by atoms with van der Waals surface area (Å²) in [4.78, 5) is 35.7. The zero-order valence-electron chi connectivity index (χ0n) is 16.7. The van der Waals surface area contributed by atoms with E-state index in [1.807, 2.05) is 25.4 Å². The second-order valence-electron chi connectivity index (χ2n) is 7.32. The number of anilines is 2. The molecule has 0 bridgehead atoms. The van der Waals surface area contributed by atoms with Gasteiger partial charge in [0.05, 0.1) is 23.8 Å². The van der Waals surface area contributed by atoms with Gasteiger partial charge in [0.1, 0.15) is 29.6 Å². The number of fused-ring (bicyclic) bond motifs is 1. The summed E-state index contributed by atoms with van der Waals surface area (Å²) in [5, 5.41) is 14.1. The van der Waals surface area contributed by atoms with Gasteiger partial charge in [0.25, 0.3) is 0 Å². The standard InChI is InChI=1S/C20H22N8O2/c1-13-6-8-28(30-20(29)26-15-4-3-14(9-21)23-10-15)11-17(13)27(2)19-16-5-7-22-18(16)24-12-25-19/h3-5,7,10,12-13,17H,6,8,11H2,1-2H3,(H,26,29)(H,22,24,25). The minimum Gasteiger partial charge on any atom is -0.354 e. The number of likely N-dealkylation sites (N-methyl/N-ethyl adjacent to an activating group) is 1. The number of nitrogens with zero attached hydrogens (tertiary/aromatic N) is 6. The van der Waals surface area contributed by atoms with E-state index in [1.165, 1.54) is 12.3 Å². The first-order valence-corrected chi connectivity index (χ1v) is 9.66. The molecule has 0 aliphatic carbocycles. The molecule has 30 heavy (non-hydrogen) atoms. The SMILES string of the molecule is CC1CCN(OC(=O)Nc2ccc(C#N)nc2)CC1N(C)c1ncnc2[nH]ccc12. The van der Waals surface area contributed by atoms with Crippen molar-refractivity contribution in [3.8, 4) is 6.07 Å². The second kappa shape index (κ2) is 8.34. The van der Waals surface area contributed by atoms with E-state index in [0.29, 0.717) is 24.7 Å². The fourth-order valence-electron chi connectivity index (χ4n) is 3.70. The molecule has 2 N–H and O–H groups in total. The van der Waals surface area contributed by atoms with E-state index in [1.54, 1.807) is 17.5 Å². The van der Waals surface area contributed by atoms with Gasteiger partial charge >= 0.3 is 6.09 Å². The molecular formula is C20H22N8O2. The van der Waals surface area contributed by atoms with Crippen LogP contribution in [0.25, 0.3) is 11.0 Å². The van der Waals surface area contributed by atoms with Crippen LogP contribution < -0.4 is 10.2 Å². The third-order valence-corrected chi connectivity index (χ3v) is 5.38. The van der Waals surface area contributed by atoms with Gasteiger partial charge in [-0.2, -0.15) is 5.26 Å². The van der Waals surface area contributed by atoms with Gasteiger partial charge in [-0.1, -0.05) is 6.92 Å². The first kappa shape index (κ1) is 19.6. The zero-order chi connectivity index (χ0) is 21.1. The van der Waals surface area contributed by atoms with Crippen molar-refractivity contribution in [3.05, 3.63) is 42.6 Å². The molecular weight excluding hydrogens is 384 g/mol. The maximum atomic E-state index is 12.3. The number of nitriles is 1. The first-order chi connectivity index (χ1) is 14.5. The zero-order valence-corrected chi connectivity index (χ0v) is 16.7. The Labute approximate surface area is 173 Å². The summed E-state index contributed by atoms with van der Waals surface area (Å²) in [5.74, 6) is 1.23. The van der Waals surface area contributed by atoms with Crippen molar-refractivity contribution < 1.29 is 9.63 Å². The van der Waals surface area contributed by atoms with Crippen molar-refractivity contribution in [2.45, 2.75) is 19.4 Å². The molecule has 0 aromatic carbocycles. The molecule has 1 saturated heterocycles. The molecule has 1 amide bonds. The molecule has 3 aromatic rings. The monoisotopic (exact) mass is 406 g/mol. The lowest BCUT2D eigenvalue weighted by molar-refractivity contribution is -0.117. The van der Waals surface area contributed by atoms with Gasteiger partial charge in [0.2, 0.25) is 0 Å². The normalized spacial score (nSPS) is 19.2. The Morgan fingerprint density at radius 1 is 1.37 bits per heavy atom. The molecule has 10 heteroatoms. The Morgan fingerprint density at radius 3 is 3.00 bits per heavy atom. The maximum Gasteiger partial charge on any atom is 0.430 e. The highest BCUT2D eigenvalue weighted by atomic mass is 16.7. The topological polar surface area (TPSA) is 123 Å². The highest BCUT2D eigenvalue weighted by Crippen LogP contribution is 2.28. The maximum absolute atomic E-state index is 12.3. The van der Waals surface area contributed by atoms with E-state index in [9.17, 15) is 4.79 Å². The summed E-state index contributed by atoms with van der Waals surface area (Å²) in [6.07, 6.45) is 5.10. The lowest BCUT2D eigenvalue weighted by Gasteiger charge is -2.40. The first-order valence-electron chi connectivity index (χ1n) is 9.66. The molecule has 1 aliphatic heterocycles. The number of aromatic amines is 1. The summed E-state index contributed by atoms with van der Waals surface area (Å²) in [6.45, 7) is 3.39. The van der Waals surface area contributed by atoms with Crippen LogP contribution in [0.5, 0.6) is 0 Å². The van der Waals surface area contributed by atoms with Crippen LogP contribution in [-0.2, 0) is 4.84 Å². The van der Waals surface area contributed by atoms with Crippen molar-refractivity contribution in [2.75, 3.05) is 30.4 Å². The van der Waals surface area contributed by atoms with E-state index in [4.69, 9.17) is 10.1 Å². The Kier molecular flexibility index (Phi) is 5.45. The summed E-state index contributed by atoms with van der Waals surface area (Å²) < 4.78 is 0. The number of amides is 1. The number of rotatable bonds is 4. The lowest BCUT2D eigenvalue weighted by Crippen LogP contribution is -2.51.